The number of esters is 1. The van der Waals surface area contributed by atoms with Crippen molar-refractivity contribution in [3.05, 3.63) is 59.0 Å². The lowest BCUT2D eigenvalue weighted by atomic mass is 10.3. The lowest BCUT2D eigenvalue weighted by Gasteiger charge is -2.11. The zero-order chi connectivity index (χ0) is 18.2. The summed E-state index contributed by atoms with van der Waals surface area (Å²) in [4.78, 5) is 23.7. The first kappa shape index (κ1) is 18.5. The Bertz CT molecular complexity index is 786. The van der Waals surface area contributed by atoms with Crippen molar-refractivity contribution >= 4 is 23.5 Å². The minimum atomic E-state index is -0.518. The fraction of sp³-hybridized carbons (Fsp3) is 0.235. The molecule has 8 heteroatoms. The Hall–Kier alpha value is -2.80. The Morgan fingerprint density at radius 3 is 2.80 bits per heavy atom. The average Bonchev–Trinajstić information content (AvgIpc) is 3.02. The van der Waals surface area contributed by atoms with Crippen molar-refractivity contribution in [2.45, 2.75) is 20.6 Å². The predicted molar refractivity (Wildman–Crippen MR) is 92.2 cm³/mol. The van der Waals surface area contributed by atoms with E-state index < -0.39 is 11.9 Å². The van der Waals surface area contributed by atoms with Gasteiger partial charge in [-0.25, -0.2) is 9.48 Å². The Kier molecular flexibility index (Phi) is 6.59. The van der Waals surface area contributed by atoms with Gasteiger partial charge in [-0.1, -0.05) is 23.7 Å². The van der Waals surface area contributed by atoms with Crippen LogP contribution in [-0.4, -0.2) is 28.3 Å². The maximum Gasteiger partial charge on any atom is 0.332 e. The van der Waals surface area contributed by atoms with Gasteiger partial charge >= 0.3 is 5.97 Å². The maximum absolute atomic E-state index is 12.3. The molecule has 0 spiro atoms. The molecule has 25 heavy (non-hydrogen) atoms. The van der Waals surface area contributed by atoms with Crippen LogP contribution in [0.15, 0.2) is 48.3 Å². The normalized spacial score (nSPS) is 11.1. The van der Waals surface area contributed by atoms with Gasteiger partial charge in [0.15, 0.2) is 6.73 Å². The number of carbonyl (C=O) groups is 2. The minimum absolute atomic E-state index is 0.0140. The number of amides is 1. The number of allylic oxidation sites excluding steroid dienone is 1. The van der Waals surface area contributed by atoms with Crippen LogP contribution in [0.25, 0.3) is 0 Å². The molecule has 1 amide bonds. The van der Waals surface area contributed by atoms with Crippen molar-refractivity contribution in [3.63, 3.8) is 0 Å². The summed E-state index contributed by atoms with van der Waals surface area (Å²) >= 11 is 6.02. The molecule has 132 valence electrons. The molecule has 1 N–H and O–H groups in total. The first-order chi connectivity index (χ1) is 12.0. The highest BCUT2D eigenvalue weighted by Gasteiger charge is 2.13. The number of para-hydroxylation sites is 1. The van der Waals surface area contributed by atoms with Crippen LogP contribution in [0, 0.1) is 0 Å². The monoisotopic (exact) mass is 363 g/mol. The molecule has 0 aliphatic heterocycles. The van der Waals surface area contributed by atoms with Gasteiger partial charge in [0.1, 0.15) is 11.4 Å². The van der Waals surface area contributed by atoms with E-state index in [0.29, 0.717) is 16.5 Å². The largest absolute Gasteiger partial charge is 0.470 e. The van der Waals surface area contributed by atoms with Crippen LogP contribution < -0.4 is 10.1 Å². The zero-order valence-electron chi connectivity index (χ0n) is 13.9. The Balaban J connectivity index is 2.01. The molecule has 0 saturated carbocycles. The van der Waals surface area contributed by atoms with E-state index in [0.717, 1.165) is 0 Å². The molecule has 1 aromatic heterocycles. The van der Waals surface area contributed by atoms with Gasteiger partial charge in [0.25, 0.3) is 5.91 Å². The summed E-state index contributed by atoms with van der Waals surface area (Å²) in [5.41, 5.74) is 0.645. The number of halogens is 1. The Morgan fingerprint density at radius 1 is 1.32 bits per heavy atom. The summed E-state index contributed by atoms with van der Waals surface area (Å²) in [5, 5.41) is 7.12. The summed E-state index contributed by atoms with van der Waals surface area (Å²) < 4.78 is 11.7. The molecule has 0 atom stereocenters. The highest BCUT2D eigenvalue weighted by atomic mass is 35.5. The number of carbonyl (C=O) groups excluding carboxylic acids is 2. The Morgan fingerprint density at radius 2 is 2.08 bits per heavy atom. The van der Waals surface area contributed by atoms with Crippen molar-refractivity contribution in [3.8, 4) is 5.75 Å². The highest BCUT2D eigenvalue weighted by Crippen LogP contribution is 2.23. The van der Waals surface area contributed by atoms with E-state index in [2.05, 4.69) is 10.4 Å². The average molecular weight is 364 g/mol. The van der Waals surface area contributed by atoms with E-state index in [1.807, 2.05) is 0 Å². The van der Waals surface area contributed by atoms with Gasteiger partial charge in [0.2, 0.25) is 0 Å². The molecule has 0 radical (unpaired) electrons. The van der Waals surface area contributed by atoms with Gasteiger partial charge in [0.05, 0.1) is 11.6 Å². The van der Waals surface area contributed by atoms with Crippen molar-refractivity contribution in [1.82, 2.24) is 15.1 Å². The molecule has 2 rings (SSSR count). The third-order valence-corrected chi connectivity index (χ3v) is 3.37. The minimum Gasteiger partial charge on any atom is -0.470 e. The number of benzene rings is 1. The molecular formula is C17H18ClN3O4. The third kappa shape index (κ3) is 5.36. The van der Waals surface area contributed by atoms with Crippen LogP contribution in [-0.2, 0) is 16.3 Å². The fourth-order valence-electron chi connectivity index (χ4n) is 1.96. The summed E-state index contributed by atoms with van der Waals surface area (Å²) in [6, 6.07) is 8.56. The number of hydrogen-bond donors (Lipinski definition) is 1. The summed E-state index contributed by atoms with van der Waals surface area (Å²) in [7, 11) is 0. The predicted octanol–water partition coefficient (Wildman–Crippen LogP) is 2.77. The van der Waals surface area contributed by atoms with Crippen LogP contribution in [0.1, 0.15) is 24.3 Å². The molecule has 7 nitrogen and oxygen atoms in total. The third-order valence-electron chi connectivity index (χ3n) is 3.06. The first-order valence-corrected chi connectivity index (χ1v) is 7.94. The number of nitrogens with one attached hydrogen (secondary N) is 1. The zero-order valence-corrected chi connectivity index (χ0v) is 14.6. The van der Waals surface area contributed by atoms with Crippen molar-refractivity contribution < 1.29 is 19.1 Å². The van der Waals surface area contributed by atoms with E-state index in [1.54, 1.807) is 44.2 Å². The lowest BCUT2D eigenvalue weighted by molar-refractivity contribution is -0.137. The van der Waals surface area contributed by atoms with Crippen LogP contribution in [0.3, 0.4) is 0 Å². The van der Waals surface area contributed by atoms with Gasteiger partial charge in [-0.3, -0.25) is 4.79 Å². The topological polar surface area (TPSA) is 82.5 Å². The fourth-order valence-corrected chi connectivity index (χ4v) is 2.15. The maximum atomic E-state index is 12.3. The van der Waals surface area contributed by atoms with Crippen LogP contribution in [0.5, 0.6) is 5.75 Å². The van der Waals surface area contributed by atoms with E-state index in [9.17, 15) is 9.59 Å². The SMILES string of the molecule is CCOC(=O)/C=C(\C)NC(=O)c1ccnn1COc1ccccc1Cl. The molecule has 0 bridgehead atoms. The highest BCUT2D eigenvalue weighted by molar-refractivity contribution is 6.32. The molecule has 0 saturated heterocycles. The Labute approximate surface area is 150 Å². The van der Waals surface area contributed by atoms with Gasteiger partial charge in [0, 0.05) is 18.0 Å². The lowest BCUT2D eigenvalue weighted by Crippen LogP contribution is -2.26. The molecule has 0 unspecified atom stereocenters. The van der Waals surface area contributed by atoms with Crippen LogP contribution in [0.4, 0.5) is 0 Å². The second-order valence-electron chi connectivity index (χ2n) is 4.95. The second kappa shape index (κ2) is 8.89. The summed E-state index contributed by atoms with van der Waals surface area (Å²) in [5.74, 6) is -0.446. The van der Waals surface area contributed by atoms with Crippen LogP contribution in [0.2, 0.25) is 5.02 Å². The standard InChI is InChI=1S/C17H18ClN3O4/c1-3-24-16(22)10-12(2)20-17(23)14-8-9-19-21(14)11-25-15-7-5-4-6-13(15)18/h4-10H,3,11H2,1-2H3,(H,20,23)/b12-10+. The van der Waals surface area contributed by atoms with Gasteiger partial charge in [-0.15, -0.1) is 0 Å². The van der Waals surface area contributed by atoms with E-state index >= 15 is 0 Å². The molecule has 2 aromatic rings. The number of hydrogen-bond acceptors (Lipinski definition) is 5. The number of ether oxygens (including phenoxy) is 2. The van der Waals surface area contributed by atoms with E-state index in [-0.39, 0.29) is 19.0 Å². The number of nitrogens with zero attached hydrogens (tertiary/aromatic N) is 2. The second-order valence-corrected chi connectivity index (χ2v) is 5.36. The number of rotatable bonds is 7. The van der Waals surface area contributed by atoms with Crippen molar-refractivity contribution in [1.29, 1.82) is 0 Å². The van der Waals surface area contributed by atoms with E-state index in [1.165, 1.54) is 17.0 Å². The molecule has 0 aliphatic carbocycles. The molecule has 1 heterocycles. The number of aromatic nitrogens is 2. The molecule has 1 aromatic carbocycles. The molecular weight excluding hydrogens is 346 g/mol. The summed E-state index contributed by atoms with van der Waals surface area (Å²) in [6.07, 6.45) is 2.69. The molecule has 0 aliphatic rings. The quantitative estimate of drug-likeness (QED) is 0.604. The van der Waals surface area contributed by atoms with Crippen molar-refractivity contribution in [2.24, 2.45) is 0 Å². The van der Waals surface area contributed by atoms with Gasteiger partial charge < -0.3 is 14.8 Å². The van der Waals surface area contributed by atoms with E-state index in [4.69, 9.17) is 21.1 Å². The van der Waals surface area contributed by atoms with Gasteiger partial charge in [-0.2, -0.15) is 5.10 Å². The molecule has 0 fully saturated rings. The van der Waals surface area contributed by atoms with Crippen LogP contribution >= 0.6 is 11.6 Å². The van der Waals surface area contributed by atoms with Gasteiger partial charge in [-0.05, 0) is 32.0 Å². The smallest absolute Gasteiger partial charge is 0.332 e. The first-order valence-electron chi connectivity index (χ1n) is 7.56. The van der Waals surface area contributed by atoms with Crippen molar-refractivity contribution in [2.75, 3.05) is 6.61 Å². The summed E-state index contributed by atoms with van der Waals surface area (Å²) in [6.45, 7) is 3.58.